The topological polar surface area (TPSA) is 32.3 Å². The summed E-state index contributed by atoms with van der Waals surface area (Å²) in [5.74, 6) is 0.912. The Morgan fingerprint density at radius 2 is 1.92 bits per heavy atom. The van der Waals surface area contributed by atoms with Crippen LogP contribution < -0.4 is 5.32 Å². The molecule has 2 heteroatoms. The first-order chi connectivity index (χ1) is 5.68. The molecule has 1 aliphatic rings. The summed E-state index contributed by atoms with van der Waals surface area (Å²) in [6.45, 7) is 4.91. The maximum Gasteiger partial charge on any atom is 0.0636 e. The predicted molar refractivity (Wildman–Crippen MR) is 51.1 cm³/mol. The standard InChI is InChI=1S/C10H21NO/c1-8-3-5-10(6-4-8)11-7-9(2)12/h8-12H,3-7H2,1-2H3/t8?,9-,10?/m1/s1. The highest BCUT2D eigenvalue weighted by atomic mass is 16.3. The van der Waals surface area contributed by atoms with E-state index >= 15 is 0 Å². The molecule has 0 heterocycles. The van der Waals surface area contributed by atoms with Gasteiger partial charge in [0, 0.05) is 12.6 Å². The Morgan fingerprint density at radius 1 is 1.33 bits per heavy atom. The van der Waals surface area contributed by atoms with Crippen molar-refractivity contribution in [3.8, 4) is 0 Å². The van der Waals surface area contributed by atoms with Crippen LogP contribution in [0.25, 0.3) is 0 Å². The van der Waals surface area contributed by atoms with Crippen LogP contribution in [-0.2, 0) is 0 Å². The summed E-state index contributed by atoms with van der Waals surface area (Å²) in [6.07, 6.45) is 5.06. The van der Waals surface area contributed by atoms with Gasteiger partial charge in [-0.25, -0.2) is 0 Å². The molecule has 0 radical (unpaired) electrons. The largest absolute Gasteiger partial charge is 0.392 e. The predicted octanol–water partition coefficient (Wildman–Crippen LogP) is 1.54. The van der Waals surface area contributed by atoms with Gasteiger partial charge in [-0.3, -0.25) is 0 Å². The van der Waals surface area contributed by atoms with Crippen molar-refractivity contribution >= 4 is 0 Å². The van der Waals surface area contributed by atoms with Crippen molar-refractivity contribution < 1.29 is 5.11 Å². The van der Waals surface area contributed by atoms with Crippen molar-refractivity contribution in [2.24, 2.45) is 5.92 Å². The molecule has 2 nitrogen and oxygen atoms in total. The van der Waals surface area contributed by atoms with Crippen molar-refractivity contribution in [1.82, 2.24) is 5.32 Å². The first kappa shape index (κ1) is 10.0. The molecule has 1 aliphatic carbocycles. The smallest absolute Gasteiger partial charge is 0.0636 e. The molecule has 0 amide bonds. The van der Waals surface area contributed by atoms with Gasteiger partial charge in [-0.05, 0) is 38.5 Å². The molecule has 0 aromatic carbocycles. The second-order valence-corrected chi connectivity index (χ2v) is 4.21. The molecule has 1 saturated carbocycles. The van der Waals surface area contributed by atoms with Gasteiger partial charge in [-0.2, -0.15) is 0 Å². The second-order valence-electron chi connectivity index (χ2n) is 4.21. The van der Waals surface area contributed by atoms with E-state index in [0.29, 0.717) is 6.04 Å². The number of aliphatic hydroxyl groups excluding tert-OH is 1. The minimum absolute atomic E-state index is 0.204. The van der Waals surface area contributed by atoms with Crippen LogP contribution in [0.3, 0.4) is 0 Å². The normalized spacial score (nSPS) is 33.2. The first-order valence-corrected chi connectivity index (χ1v) is 5.10. The van der Waals surface area contributed by atoms with E-state index in [1.807, 2.05) is 6.92 Å². The third-order valence-corrected chi connectivity index (χ3v) is 2.72. The maximum absolute atomic E-state index is 9.07. The van der Waals surface area contributed by atoms with E-state index in [-0.39, 0.29) is 6.10 Å². The number of rotatable bonds is 3. The van der Waals surface area contributed by atoms with Gasteiger partial charge in [0.15, 0.2) is 0 Å². The molecule has 12 heavy (non-hydrogen) atoms. The summed E-state index contributed by atoms with van der Waals surface area (Å²) in [6, 6.07) is 0.663. The van der Waals surface area contributed by atoms with Crippen molar-refractivity contribution in [3.63, 3.8) is 0 Å². The summed E-state index contributed by atoms with van der Waals surface area (Å²) in [4.78, 5) is 0. The molecule has 72 valence electrons. The fourth-order valence-electron chi connectivity index (χ4n) is 1.80. The lowest BCUT2D eigenvalue weighted by Crippen LogP contribution is -2.36. The van der Waals surface area contributed by atoms with E-state index in [0.717, 1.165) is 12.5 Å². The molecule has 2 N–H and O–H groups in total. The lowest BCUT2D eigenvalue weighted by Gasteiger charge is -2.27. The highest BCUT2D eigenvalue weighted by molar-refractivity contribution is 4.75. The number of nitrogens with one attached hydrogen (secondary N) is 1. The average Bonchev–Trinajstić information content (AvgIpc) is 2.03. The van der Waals surface area contributed by atoms with Gasteiger partial charge in [0.2, 0.25) is 0 Å². The molecule has 1 atom stereocenters. The van der Waals surface area contributed by atoms with Crippen molar-refractivity contribution in [1.29, 1.82) is 0 Å². The maximum atomic E-state index is 9.07. The van der Waals surface area contributed by atoms with Crippen LogP contribution >= 0.6 is 0 Å². The molecule has 1 fully saturated rings. The Morgan fingerprint density at radius 3 is 2.42 bits per heavy atom. The number of aliphatic hydroxyl groups is 1. The molecule has 0 bridgehead atoms. The van der Waals surface area contributed by atoms with Crippen LogP contribution in [0.15, 0.2) is 0 Å². The van der Waals surface area contributed by atoms with Crippen molar-refractivity contribution in [3.05, 3.63) is 0 Å². The summed E-state index contributed by atoms with van der Waals surface area (Å²) < 4.78 is 0. The first-order valence-electron chi connectivity index (χ1n) is 5.10. The molecular formula is C10H21NO. The average molecular weight is 171 g/mol. The van der Waals surface area contributed by atoms with Crippen LogP contribution in [0.5, 0.6) is 0 Å². The van der Waals surface area contributed by atoms with Gasteiger partial charge in [-0.15, -0.1) is 0 Å². The molecular weight excluding hydrogens is 150 g/mol. The van der Waals surface area contributed by atoms with Gasteiger partial charge in [-0.1, -0.05) is 6.92 Å². The van der Waals surface area contributed by atoms with Crippen molar-refractivity contribution in [2.45, 2.75) is 51.7 Å². The van der Waals surface area contributed by atoms with Gasteiger partial charge in [0.25, 0.3) is 0 Å². The van der Waals surface area contributed by atoms with E-state index in [2.05, 4.69) is 12.2 Å². The zero-order valence-electron chi connectivity index (χ0n) is 8.21. The molecule has 1 rings (SSSR count). The zero-order valence-corrected chi connectivity index (χ0v) is 8.21. The fraction of sp³-hybridized carbons (Fsp3) is 1.00. The van der Waals surface area contributed by atoms with Crippen LogP contribution in [0.4, 0.5) is 0 Å². The van der Waals surface area contributed by atoms with Crippen molar-refractivity contribution in [2.75, 3.05) is 6.54 Å². The lowest BCUT2D eigenvalue weighted by atomic mass is 9.87. The Hall–Kier alpha value is -0.0800. The SMILES string of the molecule is CC1CCC(NC[C@@H](C)O)CC1. The van der Waals surface area contributed by atoms with Gasteiger partial charge in [0.05, 0.1) is 6.10 Å². The van der Waals surface area contributed by atoms with E-state index in [4.69, 9.17) is 5.11 Å². The van der Waals surface area contributed by atoms with Crippen LogP contribution in [-0.4, -0.2) is 23.8 Å². The monoisotopic (exact) mass is 171 g/mol. The highest BCUT2D eigenvalue weighted by Crippen LogP contribution is 2.23. The highest BCUT2D eigenvalue weighted by Gasteiger charge is 2.17. The second kappa shape index (κ2) is 4.83. The molecule has 0 aromatic heterocycles. The molecule has 0 aromatic rings. The molecule has 0 saturated heterocycles. The third-order valence-electron chi connectivity index (χ3n) is 2.72. The van der Waals surface area contributed by atoms with E-state index in [1.54, 1.807) is 0 Å². The minimum atomic E-state index is -0.204. The van der Waals surface area contributed by atoms with Gasteiger partial charge >= 0.3 is 0 Å². The molecule has 0 unspecified atom stereocenters. The lowest BCUT2D eigenvalue weighted by molar-refractivity contribution is 0.178. The van der Waals surface area contributed by atoms with Crippen LogP contribution in [0.1, 0.15) is 39.5 Å². The number of hydrogen-bond donors (Lipinski definition) is 2. The zero-order chi connectivity index (χ0) is 8.97. The van der Waals surface area contributed by atoms with E-state index in [1.165, 1.54) is 25.7 Å². The Balaban J connectivity index is 2.09. The Labute approximate surface area is 75.4 Å². The Kier molecular flexibility index (Phi) is 4.02. The summed E-state index contributed by atoms with van der Waals surface area (Å²) >= 11 is 0. The van der Waals surface area contributed by atoms with Gasteiger partial charge in [0.1, 0.15) is 0 Å². The van der Waals surface area contributed by atoms with Crippen LogP contribution in [0.2, 0.25) is 0 Å². The summed E-state index contributed by atoms with van der Waals surface area (Å²) in [5.41, 5.74) is 0. The molecule has 0 spiro atoms. The molecule has 0 aliphatic heterocycles. The van der Waals surface area contributed by atoms with Gasteiger partial charge < -0.3 is 10.4 Å². The summed E-state index contributed by atoms with van der Waals surface area (Å²) in [7, 11) is 0. The minimum Gasteiger partial charge on any atom is -0.392 e. The van der Waals surface area contributed by atoms with Crippen LogP contribution in [0, 0.1) is 5.92 Å². The fourth-order valence-corrected chi connectivity index (χ4v) is 1.80. The quantitative estimate of drug-likeness (QED) is 0.675. The Bertz CT molecular complexity index is 117. The number of hydrogen-bond acceptors (Lipinski definition) is 2. The summed E-state index contributed by atoms with van der Waals surface area (Å²) in [5, 5.41) is 12.5. The van der Waals surface area contributed by atoms with E-state index < -0.39 is 0 Å². The van der Waals surface area contributed by atoms with E-state index in [9.17, 15) is 0 Å². The third kappa shape index (κ3) is 3.55.